The van der Waals surface area contributed by atoms with Crippen molar-refractivity contribution in [2.45, 2.75) is 11.7 Å². The fourth-order valence-corrected chi connectivity index (χ4v) is 2.26. The number of hydrogen-bond donors (Lipinski definition) is 2. The monoisotopic (exact) mass is 233 g/mol. The van der Waals surface area contributed by atoms with Crippen LogP contribution in [0.4, 0.5) is 0 Å². The molecule has 7 heteroatoms. The number of carboxylic acids is 2. The van der Waals surface area contributed by atoms with Crippen LogP contribution < -0.4 is 0 Å². The Balaban J connectivity index is 2.42. The Morgan fingerprint density at radius 1 is 1.40 bits per heavy atom. The Morgan fingerprint density at radius 3 is 2.60 bits per heavy atom. The molecule has 1 unspecified atom stereocenters. The number of hydrogen-bond acceptors (Lipinski definition) is 4. The molecule has 15 heavy (non-hydrogen) atoms. The van der Waals surface area contributed by atoms with Crippen LogP contribution in [0.15, 0.2) is 0 Å². The lowest BCUT2D eigenvalue weighted by Crippen LogP contribution is -2.33. The van der Waals surface area contributed by atoms with Gasteiger partial charge in [0.25, 0.3) is 0 Å². The molecule has 0 aromatic rings. The van der Waals surface area contributed by atoms with Crippen LogP contribution in [-0.2, 0) is 14.4 Å². The maximum Gasteiger partial charge on any atom is 0.323 e. The van der Waals surface area contributed by atoms with Crippen molar-refractivity contribution in [3.05, 3.63) is 0 Å². The smallest absolute Gasteiger partial charge is 0.323 e. The van der Waals surface area contributed by atoms with E-state index in [1.54, 1.807) is 0 Å². The van der Waals surface area contributed by atoms with Gasteiger partial charge in [0, 0.05) is 6.54 Å². The van der Waals surface area contributed by atoms with Crippen LogP contribution in [0, 0.1) is 0 Å². The fourth-order valence-electron chi connectivity index (χ4n) is 1.36. The summed E-state index contributed by atoms with van der Waals surface area (Å²) in [6.45, 7) is 0.0887. The van der Waals surface area contributed by atoms with Crippen molar-refractivity contribution in [3.63, 3.8) is 0 Å². The van der Waals surface area contributed by atoms with E-state index in [0.717, 1.165) is 11.8 Å². The molecule has 1 saturated heterocycles. The van der Waals surface area contributed by atoms with E-state index in [-0.39, 0.29) is 18.2 Å². The zero-order valence-electron chi connectivity index (χ0n) is 7.88. The van der Waals surface area contributed by atoms with Crippen molar-refractivity contribution in [1.82, 2.24) is 4.90 Å². The van der Waals surface area contributed by atoms with E-state index in [4.69, 9.17) is 10.2 Å². The maximum atomic E-state index is 11.5. The molecule has 1 heterocycles. The summed E-state index contributed by atoms with van der Waals surface area (Å²) in [5, 5.41) is 16.5. The predicted octanol–water partition coefficient (Wildman–Crippen LogP) is -0.510. The van der Waals surface area contributed by atoms with Gasteiger partial charge >= 0.3 is 11.9 Å². The molecule has 0 spiro atoms. The molecule has 2 N–H and O–H groups in total. The number of aliphatic carboxylic acids is 2. The third-order valence-electron chi connectivity index (χ3n) is 1.98. The highest BCUT2D eigenvalue weighted by molar-refractivity contribution is 8.01. The molecule has 0 aliphatic carbocycles. The first kappa shape index (κ1) is 11.8. The zero-order valence-corrected chi connectivity index (χ0v) is 8.70. The summed E-state index contributed by atoms with van der Waals surface area (Å²) in [5.41, 5.74) is 0. The van der Waals surface area contributed by atoms with Gasteiger partial charge in [0.15, 0.2) is 0 Å². The Hall–Kier alpha value is -1.24. The van der Waals surface area contributed by atoms with Gasteiger partial charge in [-0.3, -0.25) is 14.4 Å². The van der Waals surface area contributed by atoms with Gasteiger partial charge in [-0.15, -0.1) is 11.8 Å². The van der Waals surface area contributed by atoms with Gasteiger partial charge in [-0.2, -0.15) is 0 Å². The first-order valence-electron chi connectivity index (χ1n) is 4.34. The molecule has 0 radical (unpaired) electrons. The lowest BCUT2D eigenvalue weighted by Gasteiger charge is -2.12. The van der Waals surface area contributed by atoms with Crippen molar-refractivity contribution < 1.29 is 24.6 Å². The van der Waals surface area contributed by atoms with Gasteiger partial charge in [-0.25, -0.2) is 0 Å². The molecular weight excluding hydrogens is 222 g/mol. The second kappa shape index (κ2) is 5.01. The molecule has 1 amide bonds. The van der Waals surface area contributed by atoms with Crippen LogP contribution in [0.5, 0.6) is 0 Å². The number of carbonyl (C=O) groups is 3. The van der Waals surface area contributed by atoms with E-state index in [1.807, 2.05) is 0 Å². The van der Waals surface area contributed by atoms with E-state index in [0.29, 0.717) is 13.0 Å². The average Bonchev–Trinajstić information content (AvgIpc) is 2.44. The largest absolute Gasteiger partial charge is 0.481 e. The predicted molar refractivity (Wildman–Crippen MR) is 52.7 cm³/mol. The van der Waals surface area contributed by atoms with Gasteiger partial charge < -0.3 is 15.1 Å². The first-order chi connectivity index (χ1) is 7.00. The zero-order chi connectivity index (χ0) is 11.4. The van der Waals surface area contributed by atoms with Gasteiger partial charge in [0.2, 0.25) is 5.91 Å². The van der Waals surface area contributed by atoms with Crippen molar-refractivity contribution in [3.8, 4) is 0 Å². The van der Waals surface area contributed by atoms with Gasteiger partial charge in [0.1, 0.15) is 6.54 Å². The molecule has 84 valence electrons. The van der Waals surface area contributed by atoms with Crippen molar-refractivity contribution in [1.29, 1.82) is 0 Å². The van der Waals surface area contributed by atoms with Crippen molar-refractivity contribution in [2.75, 3.05) is 18.8 Å². The molecule has 1 aliphatic heterocycles. The highest BCUT2D eigenvalue weighted by Gasteiger charge is 2.33. The minimum atomic E-state index is -1.05. The number of thioether (sulfide) groups is 1. The van der Waals surface area contributed by atoms with Gasteiger partial charge in [0.05, 0.1) is 11.0 Å². The van der Waals surface area contributed by atoms with Gasteiger partial charge in [-0.05, 0) is 6.42 Å². The second-order valence-corrected chi connectivity index (χ2v) is 4.33. The number of nitrogens with zero attached hydrogens (tertiary/aromatic N) is 1. The summed E-state index contributed by atoms with van der Waals surface area (Å²) >= 11 is 1.05. The van der Waals surface area contributed by atoms with Crippen LogP contribution in [0.2, 0.25) is 0 Å². The molecule has 0 aromatic carbocycles. The summed E-state index contributed by atoms with van der Waals surface area (Å²) in [6, 6.07) is 0. The average molecular weight is 233 g/mol. The van der Waals surface area contributed by atoms with E-state index in [9.17, 15) is 14.4 Å². The first-order valence-corrected chi connectivity index (χ1v) is 5.39. The van der Waals surface area contributed by atoms with E-state index in [1.165, 1.54) is 4.90 Å². The maximum absolute atomic E-state index is 11.5. The number of carboxylic acid groups (broad SMARTS) is 2. The highest BCUT2D eigenvalue weighted by Crippen LogP contribution is 2.23. The van der Waals surface area contributed by atoms with Gasteiger partial charge in [-0.1, -0.05) is 0 Å². The Labute approximate surface area is 90.2 Å². The van der Waals surface area contributed by atoms with Crippen LogP contribution in [0.1, 0.15) is 6.42 Å². The lowest BCUT2D eigenvalue weighted by atomic mass is 10.4. The van der Waals surface area contributed by atoms with Crippen LogP contribution in [-0.4, -0.2) is 57.1 Å². The van der Waals surface area contributed by atoms with Crippen molar-refractivity contribution >= 4 is 29.6 Å². The van der Waals surface area contributed by atoms with Crippen LogP contribution >= 0.6 is 11.8 Å². The third-order valence-corrected chi connectivity index (χ3v) is 3.24. The molecule has 1 rings (SSSR count). The Kier molecular flexibility index (Phi) is 3.96. The Bertz CT molecular complexity index is 293. The molecule has 0 aromatic heterocycles. The summed E-state index contributed by atoms with van der Waals surface area (Å²) in [4.78, 5) is 33.4. The molecule has 1 atom stereocenters. The lowest BCUT2D eigenvalue weighted by molar-refractivity contribution is -0.142. The van der Waals surface area contributed by atoms with Crippen LogP contribution in [0.3, 0.4) is 0 Å². The normalized spacial score (nSPS) is 20.7. The summed E-state index contributed by atoms with van der Waals surface area (Å²) < 4.78 is 0. The second-order valence-electron chi connectivity index (χ2n) is 3.14. The minimum absolute atomic E-state index is 0.128. The van der Waals surface area contributed by atoms with E-state index < -0.39 is 17.2 Å². The molecule has 1 fully saturated rings. The minimum Gasteiger partial charge on any atom is -0.481 e. The molecule has 1 aliphatic rings. The van der Waals surface area contributed by atoms with E-state index in [2.05, 4.69) is 0 Å². The SMILES string of the molecule is O=C(O)CSC1CCN(CC(=O)O)C1=O. The number of amides is 1. The number of likely N-dealkylation sites (tertiary alicyclic amines) is 1. The highest BCUT2D eigenvalue weighted by atomic mass is 32.2. The van der Waals surface area contributed by atoms with Crippen LogP contribution in [0.25, 0.3) is 0 Å². The number of rotatable bonds is 5. The molecule has 0 saturated carbocycles. The Morgan fingerprint density at radius 2 is 2.07 bits per heavy atom. The standard InChI is InChI=1S/C8H11NO5S/c10-6(11)3-9-2-1-5(8(9)14)15-4-7(12)13/h5H,1-4H2,(H,10,11)(H,12,13). The van der Waals surface area contributed by atoms with Crippen molar-refractivity contribution in [2.24, 2.45) is 0 Å². The van der Waals surface area contributed by atoms with E-state index >= 15 is 0 Å². The number of carbonyl (C=O) groups excluding carboxylic acids is 1. The molecule has 0 bridgehead atoms. The summed E-state index contributed by atoms with van der Waals surface area (Å²) in [5.74, 6) is -2.42. The topological polar surface area (TPSA) is 94.9 Å². The molecular formula is C8H11NO5S. The summed E-state index contributed by atoms with van der Waals surface area (Å²) in [6.07, 6.45) is 0.518. The third kappa shape index (κ3) is 3.43. The fraction of sp³-hybridized carbons (Fsp3) is 0.625. The molecule has 6 nitrogen and oxygen atoms in total. The quantitative estimate of drug-likeness (QED) is 0.664. The summed E-state index contributed by atoms with van der Waals surface area (Å²) in [7, 11) is 0.